The molecular formula is C12H13ClN2. The van der Waals surface area contributed by atoms with Crippen LogP contribution < -0.4 is 5.32 Å². The maximum absolute atomic E-state index is 8.65. The molecule has 0 saturated carbocycles. The number of nitrogens with zero attached hydrogens (tertiary/aromatic N) is 1. The number of nitriles is 1. The first-order chi connectivity index (χ1) is 7.13. The Morgan fingerprint density at radius 3 is 2.60 bits per heavy atom. The number of halogens is 1. The van der Waals surface area contributed by atoms with E-state index >= 15 is 0 Å². The molecule has 1 aromatic carbocycles. The molecule has 78 valence electrons. The molecule has 0 fully saturated rings. The summed E-state index contributed by atoms with van der Waals surface area (Å²) >= 11 is 5.66. The largest absolute Gasteiger partial charge is 0.305 e. The van der Waals surface area contributed by atoms with Crippen LogP contribution in [0.4, 0.5) is 0 Å². The molecule has 0 aliphatic rings. The van der Waals surface area contributed by atoms with Crippen LogP contribution >= 0.6 is 11.6 Å². The topological polar surface area (TPSA) is 35.8 Å². The van der Waals surface area contributed by atoms with E-state index in [1.165, 1.54) is 0 Å². The minimum absolute atomic E-state index is 0.202. The van der Waals surface area contributed by atoms with Crippen molar-refractivity contribution >= 4 is 11.6 Å². The van der Waals surface area contributed by atoms with Crippen molar-refractivity contribution < 1.29 is 0 Å². The Bertz CT molecular complexity index is 376. The van der Waals surface area contributed by atoms with E-state index in [1.54, 1.807) is 0 Å². The van der Waals surface area contributed by atoms with Gasteiger partial charge < -0.3 is 5.32 Å². The second-order valence-corrected chi connectivity index (χ2v) is 3.89. The first-order valence-corrected chi connectivity index (χ1v) is 5.08. The van der Waals surface area contributed by atoms with E-state index in [0.29, 0.717) is 17.1 Å². The van der Waals surface area contributed by atoms with E-state index < -0.39 is 0 Å². The summed E-state index contributed by atoms with van der Waals surface area (Å²) in [5, 5.41) is 12.5. The number of hydrogen-bond donors (Lipinski definition) is 1. The van der Waals surface area contributed by atoms with E-state index in [4.69, 9.17) is 16.9 Å². The zero-order valence-electron chi connectivity index (χ0n) is 8.63. The van der Waals surface area contributed by atoms with Crippen molar-refractivity contribution in [2.45, 2.75) is 13.0 Å². The molecule has 3 heteroatoms. The average Bonchev–Trinajstić information content (AvgIpc) is 2.26. The van der Waals surface area contributed by atoms with E-state index in [1.807, 2.05) is 31.2 Å². The van der Waals surface area contributed by atoms with E-state index in [2.05, 4.69) is 18.0 Å². The maximum atomic E-state index is 8.65. The molecule has 0 aliphatic carbocycles. The maximum Gasteiger partial charge on any atom is 0.0991 e. The van der Waals surface area contributed by atoms with Gasteiger partial charge >= 0.3 is 0 Å². The monoisotopic (exact) mass is 220 g/mol. The highest BCUT2D eigenvalue weighted by molar-refractivity contribution is 6.29. The molecule has 0 bridgehead atoms. The van der Waals surface area contributed by atoms with Crippen molar-refractivity contribution in [1.82, 2.24) is 5.32 Å². The quantitative estimate of drug-likeness (QED) is 0.847. The van der Waals surface area contributed by atoms with Gasteiger partial charge in [-0.05, 0) is 24.6 Å². The number of rotatable bonds is 4. The second kappa shape index (κ2) is 5.55. The third kappa shape index (κ3) is 3.75. The average molecular weight is 221 g/mol. The molecule has 1 atom stereocenters. The molecule has 1 aromatic rings. The van der Waals surface area contributed by atoms with Gasteiger partial charge in [0.05, 0.1) is 11.6 Å². The van der Waals surface area contributed by atoms with Crippen LogP contribution in [-0.2, 0) is 0 Å². The highest BCUT2D eigenvalue weighted by Gasteiger charge is 2.04. The molecule has 0 heterocycles. The number of nitrogens with one attached hydrogen (secondary N) is 1. The van der Waals surface area contributed by atoms with Gasteiger partial charge in [-0.1, -0.05) is 30.3 Å². The van der Waals surface area contributed by atoms with Gasteiger partial charge in [-0.25, -0.2) is 0 Å². The van der Waals surface area contributed by atoms with Crippen LogP contribution in [0, 0.1) is 11.3 Å². The molecule has 2 nitrogen and oxygen atoms in total. The second-order valence-electron chi connectivity index (χ2n) is 3.35. The highest BCUT2D eigenvalue weighted by Crippen LogP contribution is 2.13. The Morgan fingerprint density at radius 2 is 2.13 bits per heavy atom. The third-order valence-corrected chi connectivity index (χ3v) is 2.27. The van der Waals surface area contributed by atoms with Crippen molar-refractivity contribution in [1.29, 1.82) is 5.26 Å². The lowest BCUT2D eigenvalue weighted by atomic mass is 10.1. The number of benzene rings is 1. The minimum atomic E-state index is 0.202. The van der Waals surface area contributed by atoms with Gasteiger partial charge in [0.1, 0.15) is 0 Å². The molecule has 0 aromatic heterocycles. The third-order valence-electron chi connectivity index (χ3n) is 2.14. The van der Waals surface area contributed by atoms with Gasteiger partial charge in [0.25, 0.3) is 0 Å². The van der Waals surface area contributed by atoms with Gasteiger partial charge in [0.15, 0.2) is 0 Å². The minimum Gasteiger partial charge on any atom is -0.305 e. The van der Waals surface area contributed by atoms with Crippen LogP contribution in [-0.4, -0.2) is 6.54 Å². The zero-order chi connectivity index (χ0) is 11.3. The summed E-state index contributed by atoms with van der Waals surface area (Å²) in [6.45, 7) is 6.24. The fourth-order valence-electron chi connectivity index (χ4n) is 1.23. The summed E-state index contributed by atoms with van der Waals surface area (Å²) in [5.41, 5.74) is 1.81. The summed E-state index contributed by atoms with van der Waals surface area (Å²) in [7, 11) is 0. The standard InChI is InChI=1S/C12H13ClN2/c1-9(13)8-15-10(2)12-5-3-11(7-14)4-6-12/h3-6,10,15H,1,8H2,2H3. The number of hydrogen-bond acceptors (Lipinski definition) is 2. The molecule has 15 heavy (non-hydrogen) atoms. The summed E-state index contributed by atoms with van der Waals surface area (Å²) in [6.07, 6.45) is 0. The van der Waals surface area contributed by atoms with Crippen LogP contribution in [0.3, 0.4) is 0 Å². The fourth-order valence-corrected chi connectivity index (χ4v) is 1.31. The predicted octanol–water partition coefficient (Wildman–Crippen LogP) is 2.96. The van der Waals surface area contributed by atoms with Crippen LogP contribution in [0.25, 0.3) is 0 Å². The molecule has 0 amide bonds. The van der Waals surface area contributed by atoms with Crippen molar-refractivity contribution in [3.05, 3.63) is 47.0 Å². The van der Waals surface area contributed by atoms with Gasteiger partial charge in [0, 0.05) is 17.6 Å². The first kappa shape index (κ1) is 11.8. The van der Waals surface area contributed by atoms with Crippen LogP contribution in [0.1, 0.15) is 24.1 Å². The van der Waals surface area contributed by atoms with Crippen LogP contribution in [0.2, 0.25) is 0 Å². The Labute approximate surface area is 95.2 Å². The summed E-state index contributed by atoms with van der Waals surface area (Å²) in [4.78, 5) is 0. The molecule has 0 saturated heterocycles. The Kier molecular flexibility index (Phi) is 4.36. The Morgan fingerprint density at radius 1 is 1.53 bits per heavy atom. The fraction of sp³-hybridized carbons (Fsp3) is 0.250. The van der Waals surface area contributed by atoms with Gasteiger partial charge in [-0.2, -0.15) is 5.26 Å². The van der Waals surface area contributed by atoms with Crippen molar-refractivity contribution in [3.8, 4) is 6.07 Å². The molecule has 1 N–H and O–H groups in total. The molecule has 1 rings (SSSR count). The summed E-state index contributed by atoms with van der Waals surface area (Å²) < 4.78 is 0. The van der Waals surface area contributed by atoms with Gasteiger partial charge in [0.2, 0.25) is 0 Å². The van der Waals surface area contributed by atoms with Crippen molar-refractivity contribution in [2.24, 2.45) is 0 Å². The van der Waals surface area contributed by atoms with Crippen molar-refractivity contribution in [2.75, 3.05) is 6.54 Å². The predicted molar refractivity (Wildman–Crippen MR) is 62.6 cm³/mol. The molecule has 0 aliphatic heterocycles. The lowest BCUT2D eigenvalue weighted by Gasteiger charge is -2.13. The van der Waals surface area contributed by atoms with Crippen molar-refractivity contribution in [3.63, 3.8) is 0 Å². The lowest BCUT2D eigenvalue weighted by Crippen LogP contribution is -2.19. The highest BCUT2D eigenvalue weighted by atomic mass is 35.5. The van der Waals surface area contributed by atoms with Crippen LogP contribution in [0.15, 0.2) is 35.9 Å². The smallest absolute Gasteiger partial charge is 0.0991 e. The normalized spacial score (nSPS) is 11.8. The Balaban J connectivity index is 2.62. The molecule has 0 radical (unpaired) electrons. The lowest BCUT2D eigenvalue weighted by molar-refractivity contribution is 0.614. The van der Waals surface area contributed by atoms with Gasteiger partial charge in [-0.3, -0.25) is 0 Å². The van der Waals surface area contributed by atoms with E-state index in [0.717, 1.165) is 5.56 Å². The van der Waals surface area contributed by atoms with Crippen LogP contribution in [0.5, 0.6) is 0 Å². The Hall–Kier alpha value is -1.30. The summed E-state index contributed by atoms with van der Waals surface area (Å²) in [5.74, 6) is 0. The molecule has 1 unspecified atom stereocenters. The molecule has 0 spiro atoms. The summed E-state index contributed by atoms with van der Waals surface area (Å²) in [6, 6.07) is 9.78. The van der Waals surface area contributed by atoms with Gasteiger partial charge in [-0.15, -0.1) is 0 Å². The van der Waals surface area contributed by atoms with E-state index in [9.17, 15) is 0 Å². The van der Waals surface area contributed by atoms with E-state index in [-0.39, 0.29) is 6.04 Å². The zero-order valence-corrected chi connectivity index (χ0v) is 9.38. The SMILES string of the molecule is C=C(Cl)CNC(C)c1ccc(C#N)cc1. The first-order valence-electron chi connectivity index (χ1n) is 4.70. The molecular weight excluding hydrogens is 208 g/mol.